The standard InChI is InChI=1S/C11H14N6O/c18-11(10-6-13-16-15-10)17-5-1-2-8(7-17)9-3-4-12-14-9/h3-4,6,8H,1-2,5,7H2,(H,12,14)(H,13,15,16). The first-order valence-corrected chi connectivity index (χ1v) is 5.99. The number of H-pyrrole nitrogens is 2. The summed E-state index contributed by atoms with van der Waals surface area (Å²) in [7, 11) is 0. The van der Waals surface area contributed by atoms with Gasteiger partial charge in [-0.05, 0) is 18.9 Å². The molecule has 7 nitrogen and oxygen atoms in total. The molecule has 1 saturated heterocycles. The van der Waals surface area contributed by atoms with E-state index < -0.39 is 0 Å². The number of aromatic amines is 2. The number of carbonyl (C=O) groups excluding carboxylic acids is 1. The zero-order valence-electron chi connectivity index (χ0n) is 9.83. The molecule has 1 fully saturated rings. The predicted octanol–water partition coefficient (Wildman–Crippen LogP) is 0.548. The Hall–Kier alpha value is -2.18. The van der Waals surface area contributed by atoms with Crippen LogP contribution in [-0.2, 0) is 0 Å². The van der Waals surface area contributed by atoms with Gasteiger partial charge in [-0.1, -0.05) is 0 Å². The highest BCUT2D eigenvalue weighted by Crippen LogP contribution is 2.25. The molecule has 3 heterocycles. The summed E-state index contributed by atoms with van der Waals surface area (Å²) in [6.45, 7) is 1.48. The SMILES string of the molecule is O=C(c1cn[nH]n1)N1CCCC(c2ccn[nH]2)C1. The van der Waals surface area contributed by atoms with E-state index in [1.807, 2.05) is 11.0 Å². The fourth-order valence-corrected chi connectivity index (χ4v) is 2.38. The largest absolute Gasteiger partial charge is 0.337 e. The van der Waals surface area contributed by atoms with Crippen LogP contribution in [0.4, 0.5) is 0 Å². The topological polar surface area (TPSA) is 90.6 Å². The molecule has 1 unspecified atom stereocenters. The van der Waals surface area contributed by atoms with E-state index in [0.29, 0.717) is 18.2 Å². The Morgan fingerprint density at radius 1 is 1.44 bits per heavy atom. The van der Waals surface area contributed by atoms with E-state index in [0.717, 1.165) is 25.1 Å². The molecule has 0 spiro atoms. The number of aromatic nitrogens is 5. The Labute approximate surface area is 104 Å². The number of nitrogens with zero attached hydrogens (tertiary/aromatic N) is 4. The highest BCUT2D eigenvalue weighted by atomic mass is 16.2. The minimum absolute atomic E-state index is 0.0621. The van der Waals surface area contributed by atoms with Crippen molar-refractivity contribution < 1.29 is 4.79 Å². The number of rotatable bonds is 2. The van der Waals surface area contributed by atoms with Crippen molar-refractivity contribution in [2.75, 3.05) is 13.1 Å². The molecule has 0 radical (unpaired) electrons. The van der Waals surface area contributed by atoms with Gasteiger partial charge < -0.3 is 4.90 Å². The van der Waals surface area contributed by atoms with Gasteiger partial charge in [0.15, 0.2) is 5.69 Å². The Kier molecular flexibility index (Phi) is 2.79. The lowest BCUT2D eigenvalue weighted by Crippen LogP contribution is -2.39. The molecule has 94 valence electrons. The van der Waals surface area contributed by atoms with E-state index in [1.54, 1.807) is 6.20 Å². The van der Waals surface area contributed by atoms with Crippen molar-refractivity contribution in [3.8, 4) is 0 Å². The normalized spacial score (nSPS) is 20.0. The molecular weight excluding hydrogens is 232 g/mol. The van der Waals surface area contributed by atoms with Crippen LogP contribution in [0, 0.1) is 0 Å². The van der Waals surface area contributed by atoms with Gasteiger partial charge in [-0.3, -0.25) is 9.89 Å². The summed E-state index contributed by atoms with van der Waals surface area (Å²) in [5, 5.41) is 16.9. The van der Waals surface area contributed by atoms with Crippen molar-refractivity contribution in [2.45, 2.75) is 18.8 Å². The molecule has 1 atom stereocenters. The van der Waals surface area contributed by atoms with Crippen molar-refractivity contribution in [3.63, 3.8) is 0 Å². The quantitative estimate of drug-likeness (QED) is 0.809. The van der Waals surface area contributed by atoms with Gasteiger partial charge in [-0.25, -0.2) is 0 Å². The molecule has 0 saturated carbocycles. The van der Waals surface area contributed by atoms with E-state index in [4.69, 9.17) is 0 Å². The number of amides is 1. The van der Waals surface area contributed by atoms with Crippen molar-refractivity contribution >= 4 is 5.91 Å². The first-order chi connectivity index (χ1) is 8.84. The third-order valence-corrected chi connectivity index (χ3v) is 3.30. The summed E-state index contributed by atoms with van der Waals surface area (Å²) in [4.78, 5) is 14.0. The van der Waals surface area contributed by atoms with Crippen LogP contribution in [0.25, 0.3) is 0 Å². The van der Waals surface area contributed by atoms with Gasteiger partial charge in [0.25, 0.3) is 5.91 Å². The van der Waals surface area contributed by atoms with E-state index in [1.165, 1.54) is 6.20 Å². The van der Waals surface area contributed by atoms with E-state index in [9.17, 15) is 4.79 Å². The lowest BCUT2D eigenvalue weighted by Gasteiger charge is -2.31. The van der Waals surface area contributed by atoms with Crippen LogP contribution in [-0.4, -0.2) is 49.5 Å². The van der Waals surface area contributed by atoms with Crippen molar-refractivity contribution in [1.29, 1.82) is 0 Å². The Balaban J connectivity index is 1.73. The predicted molar refractivity (Wildman–Crippen MR) is 62.8 cm³/mol. The maximum atomic E-state index is 12.2. The lowest BCUT2D eigenvalue weighted by molar-refractivity contribution is 0.0700. The second-order valence-corrected chi connectivity index (χ2v) is 4.46. The van der Waals surface area contributed by atoms with Crippen LogP contribution in [0.5, 0.6) is 0 Å². The summed E-state index contributed by atoms with van der Waals surface area (Å²) < 4.78 is 0. The van der Waals surface area contributed by atoms with Gasteiger partial charge in [0.05, 0.1) is 6.20 Å². The molecule has 2 aromatic rings. The number of likely N-dealkylation sites (tertiary alicyclic amines) is 1. The van der Waals surface area contributed by atoms with Crippen molar-refractivity contribution in [3.05, 3.63) is 29.8 Å². The molecule has 2 N–H and O–H groups in total. The second kappa shape index (κ2) is 4.59. The molecule has 7 heteroatoms. The molecular formula is C11H14N6O. The van der Waals surface area contributed by atoms with Crippen LogP contribution in [0.1, 0.15) is 34.9 Å². The van der Waals surface area contributed by atoms with Crippen LogP contribution >= 0.6 is 0 Å². The van der Waals surface area contributed by atoms with Gasteiger partial charge in [-0.15, -0.1) is 0 Å². The molecule has 18 heavy (non-hydrogen) atoms. The summed E-state index contributed by atoms with van der Waals surface area (Å²) in [6.07, 6.45) is 5.27. The molecule has 1 aliphatic heterocycles. The maximum absolute atomic E-state index is 12.2. The highest BCUT2D eigenvalue weighted by Gasteiger charge is 2.27. The maximum Gasteiger partial charge on any atom is 0.276 e. The number of hydrogen-bond donors (Lipinski definition) is 2. The molecule has 1 amide bonds. The van der Waals surface area contributed by atoms with E-state index in [-0.39, 0.29) is 5.91 Å². The monoisotopic (exact) mass is 246 g/mol. The number of carbonyl (C=O) groups is 1. The minimum Gasteiger partial charge on any atom is -0.337 e. The van der Waals surface area contributed by atoms with Gasteiger partial charge >= 0.3 is 0 Å². The van der Waals surface area contributed by atoms with E-state index in [2.05, 4.69) is 25.6 Å². The van der Waals surface area contributed by atoms with Crippen LogP contribution < -0.4 is 0 Å². The average Bonchev–Trinajstić information content (AvgIpc) is 3.11. The van der Waals surface area contributed by atoms with Crippen LogP contribution in [0.3, 0.4) is 0 Å². The Morgan fingerprint density at radius 3 is 3.11 bits per heavy atom. The second-order valence-electron chi connectivity index (χ2n) is 4.46. The van der Waals surface area contributed by atoms with Gasteiger partial charge in [-0.2, -0.15) is 20.5 Å². The fourth-order valence-electron chi connectivity index (χ4n) is 2.38. The van der Waals surface area contributed by atoms with Gasteiger partial charge in [0.1, 0.15) is 0 Å². The van der Waals surface area contributed by atoms with Crippen LogP contribution in [0.2, 0.25) is 0 Å². The zero-order valence-corrected chi connectivity index (χ0v) is 9.83. The average molecular weight is 246 g/mol. The summed E-state index contributed by atoms with van der Waals surface area (Å²) in [5.74, 6) is 0.269. The molecule has 1 aliphatic rings. The number of nitrogens with one attached hydrogen (secondary N) is 2. The summed E-state index contributed by atoms with van der Waals surface area (Å²) >= 11 is 0. The Bertz CT molecular complexity index is 506. The number of hydrogen-bond acceptors (Lipinski definition) is 4. The summed E-state index contributed by atoms with van der Waals surface area (Å²) in [6, 6.07) is 1.97. The molecule has 0 aromatic carbocycles. The molecule has 0 aliphatic carbocycles. The first-order valence-electron chi connectivity index (χ1n) is 5.99. The fraction of sp³-hybridized carbons (Fsp3) is 0.455. The van der Waals surface area contributed by atoms with E-state index >= 15 is 0 Å². The number of piperidine rings is 1. The van der Waals surface area contributed by atoms with Crippen LogP contribution in [0.15, 0.2) is 18.5 Å². The minimum atomic E-state index is -0.0621. The highest BCUT2D eigenvalue weighted by molar-refractivity contribution is 5.91. The lowest BCUT2D eigenvalue weighted by atomic mass is 9.95. The zero-order chi connectivity index (χ0) is 12.4. The first kappa shape index (κ1) is 10.9. The van der Waals surface area contributed by atoms with Crippen molar-refractivity contribution in [2.24, 2.45) is 0 Å². The van der Waals surface area contributed by atoms with Crippen molar-refractivity contribution in [1.82, 2.24) is 30.5 Å². The van der Waals surface area contributed by atoms with Gasteiger partial charge in [0.2, 0.25) is 0 Å². The third kappa shape index (κ3) is 1.99. The molecule has 2 aromatic heterocycles. The van der Waals surface area contributed by atoms with Gasteiger partial charge in [0, 0.05) is 30.9 Å². The molecule has 3 rings (SSSR count). The smallest absolute Gasteiger partial charge is 0.276 e. The molecule has 0 bridgehead atoms. The summed E-state index contributed by atoms with van der Waals surface area (Å²) in [5.41, 5.74) is 1.47. The third-order valence-electron chi connectivity index (χ3n) is 3.30. The Morgan fingerprint density at radius 2 is 2.39 bits per heavy atom.